The molecule has 3 aromatic heterocycles. The standard InChI is InChI=1S/C19H22N4O2S2/c24-18(20-11-15-3-1-9-25-15)12-22-5-7-23(8-6-22)13-19-21-16(14-27-19)17-4-2-10-26-17/h1-4,9-10,14H,5-8,11-13H2,(H,20,24). The van der Waals surface area contributed by atoms with E-state index in [4.69, 9.17) is 9.40 Å². The van der Waals surface area contributed by atoms with Gasteiger partial charge in [0.1, 0.15) is 10.8 Å². The second-order valence-electron chi connectivity index (χ2n) is 6.51. The number of hydrogen-bond acceptors (Lipinski definition) is 7. The Morgan fingerprint density at radius 2 is 2.00 bits per heavy atom. The molecule has 0 atom stereocenters. The number of thiophene rings is 1. The highest BCUT2D eigenvalue weighted by Gasteiger charge is 2.20. The number of hydrogen-bond donors (Lipinski definition) is 1. The summed E-state index contributed by atoms with van der Waals surface area (Å²) in [4.78, 5) is 22.7. The van der Waals surface area contributed by atoms with Gasteiger partial charge in [0.2, 0.25) is 5.91 Å². The molecule has 0 unspecified atom stereocenters. The van der Waals surface area contributed by atoms with Crippen LogP contribution in [-0.2, 0) is 17.9 Å². The van der Waals surface area contributed by atoms with Crippen molar-refractivity contribution >= 4 is 28.6 Å². The lowest BCUT2D eigenvalue weighted by atomic mass is 10.3. The van der Waals surface area contributed by atoms with Crippen LogP contribution in [0.5, 0.6) is 0 Å². The minimum absolute atomic E-state index is 0.0420. The first-order valence-corrected chi connectivity index (χ1v) is 10.7. The van der Waals surface area contributed by atoms with Crippen LogP contribution in [0.4, 0.5) is 0 Å². The summed E-state index contributed by atoms with van der Waals surface area (Å²) in [5.41, 5.74) is 1.08. The number of nitrogens with zero attached hydrogens (tertiary/aromatic N) is 3. The summed E-state index contributed by atoms with van der Waals surface area (Å²) >= 11 is 3.45. The maximum absolute atomic E-state index is 12.1. The molecule has 0 aliphatic carbocycles. The van der Waals surface area contributed by atoms with Gasteiger partial charge in [-0.3, -0.25) is 14.6 Å². The van der Waals surface area contributed by atoms with Gasteiger partial charge in [0.05, 0.1) is 36.5 Å². The second kappa shape index (κ2) is 8.79. The van der Waals surface area contributed by atoms with Crippen molar-refractivity contribution in [3.05, 3.63) is 52.1 Å². The molecule has 1 N–H and O–H groups in total. The Morgan fingerprint density at radius 3 is 2.74 bits per heavy atom. The van der Waals surface area contributed by atoms with Crippen LogP contribution in [0.15, 0.2) is 45.7 Å². The SMILES string of the molecule is O=C(CN1CCN(Cc2nc(-c3cccs3)cs2)CC1)NCc1ccco1. The van der Waals surface area contributed by atoms with Crippen LogP contribution in [0.1, 0.15) is 10.8 Å². The van der Waals surface area contributed by atoms with Crippen LogP contribution in [0, 0.1) is 0 Å². The van der Waals surface area contributed by atoms with E-state index in [0.29, 0.717) is 13.1 Å². The summed E-state index contributed by atoms with van der Waals surface area (Å²) in [6.45, 7) is 5.48. The van der Waals surface area contributed by atoms with Gasteiger partial charge >= 0.3 is 0 Å². The van der Waals surface area contributed by atoms with E-state index in [1.54, 1.807) is 28.9 Å². The Hall–Kier alpha value is -2.00. The average molecular weight is 403 g/mol. The first-order valence-electron chi connectivity index (χ1n) is 8.98. The van der Waals surface area contributed by atoms with E-state index < -0.39 is 0 Å². The normalized spacial score (nSPS) is 15.9. The molecule has 4 heterocycles. The van der Waals surface area contributed by atoms with Crippen LogP contribution in [0.3, 0.4) is 0 Å². The zero-order valence-electron chi connectivity index (χ0n) is 15.0. The van der Waals surface area contributed by atoms with Crippen molar-refractivity contribution in [2.75, 3.05) is 32.7 Å². The third-order valence-corrected chi connectivity index (χ3v) is 6.28. The molecule has 0 spiro atoms. The van der Waals surface area contributed by atoms with E-state index in [1.165, 1.54) is 4.88 Å². The Balaban J connectivity index is 1.19. The lowest BCUT2D eigenvalue weighted by molar-refractivity contribution is -0.122. The summed E-state index contributed by atoms with van der Waals surface area (Å²) in [7, 11) is 0. The third kappa shape index (κ3) is 5.04. The summed E-state index contributed by atoms with van der Waals surface area (Å²) in [6, 6.07) is 7.86. The van der Waals surface area contributed by atoms with Gasteiger partial charge < -0.3 is 9.73 Å². The maximum Gasteiger partial charge on any atom is 0.234 e. The molecular weight excluding hydrogens is 380 g/mol. The van der Waals surface area contributed by atoms with Gasteiger partial charge in [0.15, 0.2) is 0 Å². The number of rotatable bonds is 7. The van der Waals surface area contributed by atoms with Crippen molar-refractivity contribution in [3.8, 4) is 10.6 Å². The molecule has 1 fully saturated rings. The van der Waals surface area contributed by atoms with Gasteiger partial charge in [-0.1, -0.05) is 6.07 Å². The van der Waals surface area contributed by atoms with Crippen LogP contribution in [0.25, 0.3) is 10.6 Å². The summed E-state index contributed by atoms with van der Waals surface area (Å²) in [5.74, 6) is 0.818. The van der Waals surface area contributed by atoms with Gasteiger partial charge in [-0.05, 0) is 23.6 Å². The second-order valence-corrected chi connectivity index (χ2v) is 8.40. The molecule has 0 radical (unpaired) electrons. The van der Waals surface area contributed by atoms with E-state index >= 15 is 0 Å². The lowest BCUT2D eigenvalue weighted by Crippen LogP contribution is -2.49. The molecule has 27 heavy (non-hydrogen) atoms. The molecule has 3 aromatic rings. The molecule has 0 aromatic carbocycles. The van der Waals surface area contributed by atoms with Gasteiger partial charge in [-0.25, -0.2) is 4.98 Å². The number of piperazine rings is 1. The van der Waals surface area contributed by atoms with E-state index in [2.05, 4.69) is 38.0 Å². The fraction of sp³-hybridized carbons (Fsp3) is 0.368. The Labute approximate surface area is 166 Å². The van der Waals surface area contributed by atoms with E-state index in [9.17, 15) is 4.79 Å². The number of furan rings is 1. The van der Waals surface area contributed by atoms with Crippen molar-refractivity contribution in [1.29, 1.82) is 0 Å². The first kappa shape index (κ1) is 18.4. The summed E-state index contributed by atoms with van der Waals surface area (Å²) < 4.78 is 5.23. The average Bonchev–Trinajstić information content (AvgIpc) is 3.44. The minimum atomic E-state index is 0.0420. The number of carbonyl (C=O) groups excluding carboxylic acids is 1. The molecule has 142 valence electrons. The van der Waals surface area contributed by atoms with Crippen molar-refractivity contribution < 1.29 is 9.21 Å². The first-order chi connectivity index (χ1) is 13.3. The van der Waals surface area contributed by atoms with Crippen LogP contribution >= 0.6 is 22.7 Å². The predicted octanol–water partition coefficient (Wildman–Crippen LogP) is 2.90. The molecule has 1 aliphatic rings. The largest absolute Gasteiger partial charge is 0.467 e. The molecule has 8 heteroatoms. The number of amides is 1. The maximum atomic E-state index is 12.1. The number of aromatic nitrogens is 1. The number of thiazole rings is 1. The quantitative estimate of drug-likeness (QED) is 0.658. The molecule has 4 rings (SSSR count). The minimum Gasteiger partial charge on any atom is -0.467 e. The van der Waals surface area contributed by atoms with E-state index in [0.717, 1.165) is 49.2 Å². The van der Waals surface area contributed by atoms with Gasteiger partial charge in [0.25, 0.3) is 0 Å². The van der Waals surface area contributed by atoms with Crippen molar-refractivity contribution in [1.82, 2.24) is 20.1 Å². The highest BCUT2D eigenvalue weighted by atomic mass is 32.1. The Bertz CT molecular complexity index is 837. The fourth-order valence-corrected chi connectivity index (χ4v) is 4.67. The molecule has 0 saturated carbocycles. The molecule has 0 bridgehead atoms. The van der Waals surface area contributed by atoms with Crippen LogP contribution < -0.4 is 5.32 Å². The molecule has 1 aliphatic heterocycles. The monoisotopic (exact) mass is 402 g/mol. The van der Waals surface area contributed by atoms with Crippen LogP contribution in [0.2, 0.25) is 0 Å². The third-order valence-electron chi connectivity index (χ3n) is 4.56. The Kier molecular flexibility index (Phi) is 5.98. The number of carbonyl (C=O) groups is 1. The van der Waals surface area contributed by atoms with Gasteiger partial charge in [-0.15, -0.1) is 22.7 Å². The zero-order chi connectivity index (χ0) is 18.5. The summed E-state index contributed by atoms with van der Waals surface area (Å²) in [5, 5.41) is 8.28. The van der Waals surface area contributed by atoms with Crippen molar-refractivity contribution in [2.24, 2.45) is 0 Å². The zero-order valence-corrected chi connectivity index (χ0v) is 16.6. The van der Waals surface area contributed by atoms with E-state index in [1.807, 2.05) is 12.1 Å². The highest BCUT2D eigenvalue weighted by molar-refractivity contribution is 7.14. The smallest absolute Gasteiger partial charge is 0.234 e. The van der Waals surface area contributed by atoms with Crippen molar-refractivity contribution in [2.45, 2.75) is 13.1 Å². The molecule has 6 nitrogen and oxygen atoms in total. The molecular formula is C19H22N4O2S2. The van der Waals surface area contributed by atoms with Gasteiger partial charge in [-0.2, -0.15) is 0 Å². The number of nitrogens with one attached hydrogen (secondary N) is 1. The molecule has 1 saturated heterocycles. The van der Waals surface area contributed by atoms with E-state index in [-0.39, 0.29) is 5.91 Å². The molecule has 1 amide bonds. The highest BCUT2D eigenvalue weighted by Crippen LogP contribution is 2.26. The Morgan fingerprint density at radius 1 is 1.15 bits per heavy atom. The fourth-order valence-electron chi connectivity index (χ4n) is 3.08. The predicted molar refractivity (Wildman–Crippen MR) is 108 cm³/mol. The lowest BCUT2D eigenvalue weighted by Gasteiger charge is -2.33. The van der Waals surface area contributed by atoms with Crippen molar-refractivity contribution in [3.63, 3.8) is 0 Å². The summed E-state index contributed by atoms with van der Waals surface area (Å²) in [6.07, 6.45) is 1.62. The van der Waals surface area contributed by atoms with Gasteiger partial charge in [0, 0.05) is 31.6 Å². The van der Waals surface area contributed by atoms with Crippen LogP contribution in [-0.4, -0.2) is 53.4 Å². The topological polar surface area (TPSA) is 61.6 Å².